The normalized spacial score (nSPS) is 47.3. The van der Waals surface area contributed by atoms with Gasteiger partial charge < -0.3 is 4.79 Å². The van der Waals surface area contributed by atoms with Crippen molar-refractivity contribution < 1.29 is 9.59 Å². The van der Waals surface area contributed by atoms with Gasteiger partial charge in [-0.3, -0.25) is 4.79 Å². The van der Waals surface area contributed by atoms with Crippen molar-refractivity contribution in [2.45, 2.75) is 78.6 Å². The van der Waals surface area contributed by atoms with E-state index in [-0.39, 0.29) is 5.41 Å². The van der Waals surface area contributed by atoms with Crippen LogP contribution in [-0.4, -0.2) is 12.1 Å². The maximum absolute atomic E-state index is 11.9. The summed E-state index contributed by atoms with van der Waals surface area (Å²) in [6.45, 7) is 7.31. The second-order valence-corrected chi connectivity index (χ2v) is 10.1. The fourth-order valence-corrected chi connectivity index (χ4v) is 7.85. The average molecular weight is 343 g/mol. The summed E-state index contributed by atoms with van der Waals surface area (Å²) >= 11 is 0. The van der Waals surface area contributed by atoms with Gasteiger partial charge in [0.1, 0.15) is 6.29 Å². The zero-order chi connectivity index (χ0) is 17.8. The smallest absolute Gasteiger partial charge is 0.155 e. The zero-order valence-corrected chi connectivity index (χ0v) is 16.2. The van der Waals surface area contributed by atoms with Crippen LogP contribution in [0.25, 0.3) is 0 Å². The highest BCUT2D eigenvalue weighted by atomic mass is 16.1. The lowest BCUT2D eigenvalue weighted by Gasteiger charge is -2.58. The summed E-state index contributed by atoms with van der Waals surface area (Å²) in [5.74, 6) is 4.06. The highest BCUT2D eigenvalue weighted by molar-refractivity contribution is 5.91. The summed E-state index contributed by atoms with van der Waals surface area (Å²) in [6.07, 6.45) is 13.5. The fourth-order valence-electron chi connectivity index (χ4n) is 7.85. The standard InChI is InChI=1S/C23H34O2/c1-15(10-13-24)19-6-7-20-18-5-4-16-14-17(25)8-11-22(16,2)21(18)9-12-23(19,20)3/h13-15,18-21H,4-12H2,1-3H3/t15-,18-,19+,20-,21-,22-,23+/m0/s1. The molecule has 0 unspecified atom stereocenters. The second-order valence-electron chi connectivity index (χ2n) is 10.1. The molecule has 0 heterocycles. The van der Waals surface area contributed by atoms with Crippen LogP contribution in [0, 0.1) is 40.4 Å². The van der Waals surface area contributed by atoms with Crippen molar-refractivity contribution in [3.8, 4) is 0 Å². The Kier molecular flexibility index (Phi) is 4.24. The van der Waals surface area contributed by atoms with E-state index in [0.717, 1.165) is 55.6 Å². The lowest BCUT2D eigenvalue weighted by Crippen LogP contribution is -2.51. The zero-order valence-electron chi connectivity index (χ0n) is 16.2. The monoisotopic (exact) mass is 342 g/mol. The van der Waals surface area contributed by atoms with Crippen molar-refractivity contribution in [1.29, 1.82) is 0 Å². The third kappa shape index (κ3) is 2.50. The molecule has 0 bridgehead atoms. The van der Waals surface area contributed by atoms with E-state index in [9.17, 15) is 9.59 Å². The van der Waals surface area contributed by atoms with Gasteiger partial charge in [0.2, 0.25) is 0 Å². The molecule has 4 rings (SSSR count). The number of aldehydes is 1. The molecule has 3 fully saturated rings. The Morgan fingerprint density at radius 2 is 1.92 bits per heavy atom. The van der Waals surface area contributed by atoms with Crippen molar-refractivity contribution in [3.63, 3.8) is 0 Å². The van der Waals surface area contributed by atoms with Gasteiger partial charge in [-0.25, -0.2) is 0 Å². The van der Waals surface area contributed by atoms with Crippen LogP contribution < -0.4 is 0 Å². The van der Waals surface area contributed by atoms with Crippen molar-refractivity contribution in [1.82, 2.24) is 0 Å². The predicted molar refractivity (Wildman–Crippen MR) is 100 cm³/mol. The van der Waals surface area contributed by atoms with E-state index < -0.39 is 0 Å². The molecular weight excluding hydrogens is 308 g/mol. The van der Waals surface area contributed by atoms with Gasteiger partial charge >= 0.3 is 0 Å². The Bertz CT molecular complexity index is 605. The maximum atomic E-state index is 11.9. The van der Waals surface area contributed by atoms with Crippen molar-refractivity contribution >= 4 is 12.1 Å². The summed E-state index contributed by atoms with van der Waals surface area (Å²) in [5, 5.41) is 0. The minimum absolute atomic E-state index is 0.282. The molecule has 0 N–H and O–H groups in total. The van der Waals surface area contributed by atoms with Crippen LogP contribution in [0.15, 0.2) is 11.6 Å². The van der Waals surface area contributed by atoms with Gasteiger partial charge in [-0.1, -0.05) is 26.3 Å². The van der Waals surface area contributed by atoms with Crippen molar-refractivity contribution in [2.24, 2.45) is 40.4 Å². The molecule has 0 saturated heterocycles. The van der Waals surface area contributed by atoms with E-state index in [1.165, 1.54) is 37.7 Å². The number of hydrogen-bond acceptors (Lipinski definition) is 2. The molecule has 2 nitrogen and oxygen atoms in total. The van der Waals surface area contributed by atoms with Crippen LogP contribution in [0.1, 0.15) is 78.6 Å². The molecule has 0 aromatic rings. The minimum Gasteiger partial charge on any atom is -0.303 e. The van der Waals surface area contributed by atoms with Gasteiger partial charge in [-0.2, -0.15) is 0 Å². The van der Waals surface area contributed by atoms with E-state index in [1.807, 2.05) is 6.08 Å². The maximum Gasteiger partial charge on any atom is 0.155 e. The Morgan fingerprint density at radius 1 is 1.12 bits per heavy atom. The molecule has 25 heavy (non-hydrogen) atoms. The summed E-state index contributed by atoms with van der Waals surface area (Å²) < 4.78 is 0. The van der Waals surface area contributed by atoms with E-state index >= 15 is 0 Å². The number of fused-ring (bicyclic) bond motifs is 5. The highest BCUT2D eigenvalue weighted by Gasteiger charge is 2.59. The third-order valence-electron chi connectivity index (χ3n) is 9.19. The van der Waals surface area contributed by atoms with Crippen LogP contribution in [-0.2, 0) is 9.59 Å². The first kappa shape index (κ1) is 17.5. The van der Waals surface area contributed by atoms with Crippen molar-refractivity contribution in [2.75, 3.05) is 0 Å². The molecule has 2 heteroatoms. The predicted octanol–water partition coefficient (Wildman–Crippen LogP) is 5.36. The minimum atomic E-state index is 0.282. The van der Waals surface area contributed by atoms with Crippen LogP contribution >= 0.6 is 0 Å². The summed E-state index contributed by atoms with van der Waals surface area (Å²) in [6, 6.07) is 0. The molecule has 0 radical (unpaired) electrons. The van der Waals surface area contributed by atoms with Crippen LogP contribution in [0.4, 0.5) is 0 Å². The molecule has 7 atom stereocenters. The van der Waals surface area contributed by atoms with E-state index in [0.29, 0.717) is 17.1 Å². The summed E-state index contributed by atoms with van der Waals surface area (Å²) in [7, 11) is 0. The van der Waals surface area contributed by atoms with E-state index in [4.69, 9.17) is 0 Å². The topological polar surface area (TPSA) is 34.1 Å². The third-order valence-corrected chi connectivity index (χ3v) is 9.19. The lowest BCUT2D eigenvalue weighted by molar-refractivity contribution is -0.118. The fraction of sp³-hybridized carbons (Fsp3) is 0.826. The highest BCUT2D eigenvalue weighted by Crippen LogP contribution is 2.67. The van der Waals surface area contributed by atoms with E-state index in [1.54, 1.807) is 0 Å². The quantitative estimate of drug-likeness (QED) is 0.647. The number of hydrogen-bond donors (Lipinski definition) is 0. The Morgan fingerprint density at radius 3 is 2.68 bits per heavy atom. The van der Waals surface area contributed by atoms with Crippen LogP contribution in [0.2, 0.25) is 0 Å². The Balaban J connectivity index is 1.61. The van der Waals surface area contributed by atoms with Crippen LogP contribution in [0.3, 0.4) is 0 Å². The van der Waals surface area contributed by atoms with E-state index in [2.05, 4.69) is 20.8 Å². The Hall–Kier alpha value is -0.920. The number of allylic oxidation sites excluding steroid dienone is 1. The first-order valence-electron chi connectivity index (χ1n) is 10.6. The second kappa shape index (κ2) is 6.06. The average Bonchev–Trinajstić information content (AvgIpc) is 2.93. The Labute approximate surface area is 152 Å². The van der Waals surface area contributed by atoms with Gasteiger partial charge in [-0.15, -0.1) is 0 Å². The molecule has 4 aliphatic carbocycles. The molecule has 0 amide bonds. The van der Waals surface area contributed by atoms with Gasteiger partial charge in [0.05, 0.1) is 0 Å². The first-order chi connectivity index (χ1) is 11.9. The molecule has 0 aromatic heterocycles. The molecule has 3 saturated carbocycles. The van der Waals surface area contributed by atoms with Gasteiger partial charge in [0.15, 0.2) is 5.78 Å². The van der Waals surface area contributed by atoms with Gasteiger partial charge in [-0.05, 0) is 91.4 Å². The number of rotatable bonds is 3. The molecule has 0 aromatic carbocycles. The molecule has 4 aliphatic rings. The molecule has 0 spiro atoms. The lowest BCUT2D eigenvalue weighted by atomic mass is 9.46. The summed E-state index contributed by atoms with van der Waals surface area (Å²) in [4.78, 5) is 23.0. The van der Waals surface area contributed by atoms with Crippen molar-refractivity contribution in [3.05, 3.63) is 11.6 Å². The number of carbonyl (C=O) groups excluding carboxylic acids is 2. The van der Waals surface area contributed by atoms with Gasteiger partial charge in [0.25, 0.3) is 0 Å². The molecule has 0 aliphatic heterocycles. The number of carbonyl (C=O) groups is 2. The largest absolute Gasteiger partial charge is 0.303 e. The van der Waals surface area contributed by atoms with Crippen LogP contribution in [0.5, 0.6) is 0 Å². The SMILES string of the molecule is C[C@@H](CC=O)[C@H]1CC[C@H]2[C@@H]3CCC4=CC(=O)CC[C@]4(C)[C@H]3CC[C@]12C. The summed E-state index contributed by atoms with van der Waals surface area (Å²) in [5.41, 5.74) is 2.19. The first-order valence-corrected chi connectivity index (χ1v) is 10.6. The molecular formula is C23H34O2. The number of ketones is 1. The molecule has 138 valence electrons. The van der Waals surface area contributed by atoms with Gasteiger partial charge in [0, 0.05) is 12.8 Å².